The number of rotatable bonds is 4. The monoisotopic (exact) mass is 283 g/mol. The molecule has 0 aliphatic carbocycles. The van der Waals surface area contributed by atoms with Gasteiger partial charge in [0.05, 0.1) is 5.56 Å². The van der Waals surface area contributed by atoms with Gasteiger partial charge in [0.2, 0.25) is 0 Å². The zero-order valence-electron chi connectivity index (χ0n) is 12.0. The van der Waals surface area contributed by atoms with Crippen LogP contribution in [0.15, 0.2) is 42.5 Å². The molecule has 108 valence electrons. The van der Waals surface area contributed by atoms with Crippen molar-refractivity contribution in [2.24, 2.45) is 0 Å². The molecule has 0 atom stereocenters. The number of carbonyl (C=O) groups excluding carboxylic acids is 1. The van der Waals surface area contributed by atoms with Gasteiger partial charge in [-0.3, -0.25) is 4.79 Å². The SMILES string of the molecule is Cc1ccc(C)c(C(=O)NCc2ccc(C(=O)O)cc2)c1. The first-order valence-electron chi connectivity index (χ1n) is 6.65. The Kier molecular flexibility index (Phi) is 4.38. The minimum Gasteiger partial charge on any atom is -0.478 e. The van der Waals surface area contributed by atoms with Crippen LogP contribution in [0.2, 0.25) is 0 Å². The van der Waals surface area contributed by atoms with Gasteiger partial charge in [-0.1, -0.05) is 29.8 Å². The highest BCUT2D eigenvalue weighted by Gasteiger charge is 2.09. The van der Waals surface area contributed by atoms with E-state index in [9.17, 15) is 9.59 Å². The van der Waals surface area contributed by atoms with Crippen molar-refractivity contribution in [3.05, 3.63) is 70.3 Å². The zero-order chi connectivity index (χ0) is 15.4. The van der Waals surface area contributed by atoms with E-state index in [4.69, 9.17) is 5.11 Å². The molecule has 2 aromatic carbocycles. The molecule has 0 heterocycles. The number of nitrogens with one attached hydrogen (secondary N) is 1. The maximum Gasteiger partial charge on any atom is 0.335 e. The van der Waals surface area contributed by atoms with Crippen LogP contribution in [0.5, 0.6) is 0 Å². The third-order valence-electron chi connectivity index (χ3n) is 3.29. The Morgan fingerprint density at radius 3 is 2.33 bits per heavy atom. The molecule has 0 fully saturated rings. The summed E-state index contributed by atoms with van der Waals surface area (Å²) in [6.45, 7) is 4.21. The number of benzene rings is 2. The molecule has 21 heavy (non-hydrogen) atoms. The van der Waals surface area contributed by atoms with Gasteiger partial charge in [-0.15, -0.1) is 0 Å². The lowest BCUT2D eigenvalue weighted by atomic mass is 10.0. The van der Waals surface area contributed by atoms with Gasteiger partial charge in [0.15, 0.2) is 0 Å². The van der Waals surface area contributed by atoms with Gasteiger partial charge in [0.1, 0.15) is 0 Å². The van der Waals surface area contributed by atoms with Crippen molar-refractivity contribution in [3.8, 4) is 0 Å². The standard InChI is InChI=1S/C17H17NO3/c1-11-3-4-12(2)15(9-11)16(19)18-10-13-5-7-14(8-6-13)17(20)21/h3-9H,10H2,1-2H3,(H,18,19)(H,20,21). The topological polar surface area (TPSA) is 66.4 Å². The Hall–Kier alpha value is -2.62. The quantitative estimate of drug-likeness (QED) is 0.906. The second-order valence-corrected chi connectivity index (χ2v) is 5.00. The molecule has 1 amide bonds. The van der Waals surface area contributed by atoms with E-state index in [1.165, 1.54) is 12.1 Å². The highest BCUT2D eigenvalue weighted by molar-refractivity contribution is 5.95. The third-order valence-corrected chi connectivity index (χ3v) is 3.29. The predicted octanol–water partition coefficient (Wildman–Crippen LogP) is 2.93. The van der Waals surface area contributed by atoms with Crippen molar-refractivity contribution in [3.63, 3.8) is 0 Å². The number of hydrogen-bond acceptors (Lipinski definition) is 2. The first kappa shape index (κ1) is 14.8. The molecular weight excluding hydrogens is 266 g/mol. The van der Waals surface area contributed by atoms with Gasteiger partial charge >= 0.3 is 5.97 Å². The summed E-state index contributed by atoms with van der Waals surface area (Å²) in [5, 5.41) is 11.7. The number of aryl methyl sites for hydroxylation is 2. The highest BCUT2D eigenvalue weighted by Crippen LogP contribution is 2.11. The summed E-state index contributed by atoms with van der Waals surface area (Å²) >= 11 is 0. The van der Waals surface area contributed by atoms with Crippen molar-refractivity contribution in [2.45, 2.75) is 20.4 Å². The number of hydrogen-bond donors (Lipinski definition) is 2. The van der Waals surface area contributed by atoms with Crippen LogP contribution >= 0.6 is 0 Å². The number of aromatic carboxylic acids is 1. The van der Waals surface area contributed by atoms with Crippen LogP contribution in [0.25, 0.3) is 0 Å². The summed E-state index contributed by atoms with van der Waals surface area (Å²) in [5.74, 6) is -1.08. The normalized spacial score (nSPS) is 10.2. The van der Waals surface area contributed by atoms with E-state index in [0.717, 1.165) is 16.7 Å². The predicted molar refractivity (Wildman–Crippen MR) is 80.5 cm³/mol. The molecule has 0 aromatic heterocycles. The summed E-state index contributed by atoms with van der Waals surface area (Å²) in [7, 11) is 0. The Morgan fingerprint density at radius 1 is 1.05 bits per heavy atom. The molecule has 0 saturated heterocycles. The summed E-state index contributed by atoms with van der Waals surface area (Å²) in [6.07, 6.45) is 0. The average Bonchev–Trinajstić information content (AvgIpc) is 2.47. The van der Waals surface area contributed by atoms with Crippen LogP contribution in [0.4, 0.5) is 0 Å². The van der Waals surface area contributed by atoms with Crippen molar-refractivity contribution < 1.29 is 14.7 Å². The van der Waals surface area contributed by atoms with E-state index in [1.807, 2.05) is 32.0 Å². The molecular formula is C17H17NO3. The van der Waals surface area contributed by atoms with E-state index in [0.29, 0.717) is 12.1 Å². The molecule has 0 unspecified atom stereocenters. The smallest absolute Gasteiger partial charge is 0.335 e. The van der Waals surface area contributed by atoms with Crippen molar-refractivity contribution in [1.82, 2.24) is 5.32 Å². The molecule has 0 bridgehead atoms. The highest BCUT2D eigenvalue weighted by atomic mass is 16.4. The zero-order valence-corrected chi connectivity index (χ0v) is 12.0. The molecule has 2 aromatic rings. The average molecular weight is 283 g/mol. The molecule has 0 aliphatic heterocycles. The Balaban J connectivity index is 2.04. The van der Waals surface area contributed by atoms with Gasteiger partial charge in [-0.25, -0.2) is 4.79 Å². The molecule has 0 saturated carbocycles. The van der Waals surface area contributed by atoms with Gasteiger partial charge in [0, 0.05) is 12.1 Å². The van der Waals surface area contributed by atoms with Gasteiger partial charge < -0.3 is 10.4 Å². The second-order valence-electron chi connectivity index (χ2n) is 5.00. The number of carboxylic acid groups (broad SMARTS) is 1. The minimum atomic E-state index is -0.957. The minimum absolute atomic E-state index is 0.126. The first-order chi connectivity index (χ1) is 9.97. The summed E-state index contributed by atoms with van der Waals surface area (Å²) < 4.78 is 0. The van der Waals surface area contributed by atoms with Gasteiger partial charge in [-0.2, -0.15) is 0 Å². The van der Waals surface area contributed by atoms with Gasteiger partial charge in [0.25, 0.3) is 5.91 Å². The second kappa shape index (κ2) is 6.22. The fourth-order valence-electron chi connectivity index (χ4n) is 2.02. The van der Waals surface area contributed by atoms with Crippen molar-refractivity contribution in [2.75, 3.05) is 0 Å². The van der Waals surface area contributed by atoms with Crippen LogP contribution in [0.3, 0.4) is 0 Å². The van der Waals surface area contributed by atoms with E-state index >= 15 is 0 Å². The maximum atomic E-state index is 12.2. The van der Waals surface area contributed by atoms with E-state index in [1.54, 1.807) is 12.1 Å². The molecule has 0 spiro atoms. The molecule has 2 rings (SSSR count). The van der Waals surface area contributed by atoms with Crippen LogP contribution in [-0.4, -0.2) is 17.0 Å². The maximum absolute atomic E-state index is 12.2. The molecule has 0 aliphatic rings. The Bertz CT molecular complexity index is 675. The lowest BCUT2D eigenvalue weighted by Gasteiger charge is -2.09. The fourth-order valence-corrected chi connectivity index (χ4v) is 2.02. The summed E-state index contributed by atoms with van der Waals surface area (Å²) in [5.41, 5.74) is 3.73. The number of carbonyl (C=O) groups is 2. The van der Waals surface area contributed by atoms with E-state index in [2.05, 4.69) is 5.32 Å². The van der Waals surface area contributed by atoms with E-state index < -0.39 is 5.97 Å². The number of amides is 1. The molecule has 4 nitrogen and oxygen atoms in total. The largest absolute Gasteiger partial charge is 0.478 e. The van der Waals surface area contributed by atoms with Crippen LogP contribution in [0.1, 0.15) is 37.4 Å². The summed E-state index contributed by atoms with van der Waals surface area (Å²) in [6, 6.07) is 12.2. The van der Waals surface area contributed by atoms with Gasteiger partial charge in [-0.05, 0) is 43.2 Å². The van der Waals surface area contributed by atoms with Crippen LogP contribution in [0, 0.1) is 13.8 Å². The first-order valence-corrected chi connectivity index (χ1v) is 6.65. The lowest BCUT2D eigenvalue weighted by molar-refractivity contribution is 0.0696. The summed E-state index contributed by atoms with van der Waals surface area (Å²) in [4.78, 5) is 22.9. The molecule has 2 N–H and O–H groups in total. The van der Waals surface area contributed by atoms with Crippen LogP contribution in [-0.2, 0) is 6.54 Å². The van der Waals surface area contributed by atoms with E-state index in [-0.39, 0.29) is 11.5 Å². The van der Waals surface area contributed by atoms with Crippen molar-refractivity contribution >= 4 is 11.9 Å². The fraction of sp³-hybridized carbons (Fsp3) is 0.176. The lowest BCUT2D eigenvalue weighted by Crippen LogP contribution is -2.23. The number of carboxylic acids is 1. The molecule has 4 heteroatoms. The van der Waals surface area contributed by atoms with Crippen molar-refractivity contribution in [1.29, 1.82) is 0 Å². The Morgan fingerprint density at radius 2 is 1.71 bits per heavy atom. The molecule has 0 radical (unpaired) electrons. The van der Waals surface area contributed by atoms with Crippen LogP contribution < -0.4 is 5.32 Å². The Labute approximate surface area is 123 Å². The third kappa shape index (κ3) is 3.69.